The number of nitrogens with two attached hydrogens (primary N) is 1. The highest BCUT2D eigenvalue weighted by Gasteiger charge is 1.89. The zero-order valence-electron chi connectivity index (χ0n) is 6.70. The van der Waals surface area contributed by atoms with Gasteiger partial charge in [-0.25, -0.2) is 0 Å². The Bertz CT molecular complexity index is 253. The van der Waals surface area contributed by atoms with Crippen LogP contribution in [0.2, 0.25) is 0 Å². The fraction of sp³-hybridized carbons (Fsp3) is 0.250. The van der Waals surface area contributed by atoms with Crippen molar-refractivity contribution >= 4 is 5.69 Å². The minimum Gasteiger partial charge on any atom is -0.399 e. The molecule has 11 heavy (non-hydrogen) atoms. The van der Waals surface area contributed by atoms with E-state index in [9.17, 15) is 0 Å². The molecule has 58 valence electrons. The van der Waals surface area contributed by atoms with Crippen molar-refractivity contribution in [2.75, 3.05) is 5.73 Å². The van der Waals surface area contributed by atoms with Crippen molar-refractivity contribution in [3.05, 3.63) is 29.3 Å². The first-order valence-electron chi connectivity index (χ1n) is 3.23. The van der Waals surface area contributed by atoms with Crippen LogP contribution in [0.25, 0.3) is 0 Å². The van der Waals surface area contributed by atoms with E-state index >= 15 is 0 Å². The normalized spacial score (nSPS) is 8.00. The number of nitrogens with zero attached hydrogens (tertiary/aromatic N) is 2. The Kier molecular flexibility index (Phi) is 3.68. The third kappa shape index (κ3) is 2.67. The van der Waals surface area contributed by atoms with E-state index in [1.54, 1.807) is 0 Å². The molecule has 0 atom stereocenters. The highest BCUT2D eigenvalue weighted by Crippen LogP contribution is 2.10. The molecule has 0 aromatic heterocycles. The van der Waals surface area contributed by atoms with Crippen LogP contribution in [-0.2, 0) is 0 Å². The van der Waals surface area contributed by atoms with E-state index in [-0.39, 0.29) is 0 Å². The summed E-state index contributed by atoms with van der Waals surface area (Å²) in [6.45, 7) is 4.05. The molecule has 0 aliphatic heterocycles. The number of benzene rings is 1. The van der Waals surface area contributed by atoms with Gasteiger partial charge in [-0.1, -0.05) is 12.1 Å². The second-order valence-electron chi connectivity index (χ2n) is 2.36. The van der Waals surface area contributed by atoms with Crippen molar-refractivity contribution in [3.8, 4) is 0 Å². The number of hydrogen-bond acceptors (Lipinski definition) is 3. The Morgan fingerprint density at radius 3 is 2.09 bits per heavy atom. The van der Waals surface area contributed by atoms with Crippen molar-refractivity contribution in [1.29, 1.82) is 10.8 Å². The molecule has 0 saturated heterocycles. The molecule has 0 radical (unpaired) electrons. The minimum absolute atomic E-state index is 0.884. The van der Waals surface area contributed by atoms with Crippen LogP contribution in [0.5, 0.6) is 0 Å². The number of nitrogen functional groups attached to an aromatic ring is 1. The van der Waals surface area contributed by atoms with Gasteiger partial charge in [0.1, 0.15) is 0 Å². The van der Waals surface area contributed by atoms with Crippen molar-refractivity contribution in [1.82, 2.24) is 0 Å². The minimum atomic E-state index is 0.884. The fourth-order valence-electron chi connectivity index (χ4n) is 0.760. The maximum atomic E-state index is 6.00. The van der Waals surface area contributed by atoms with Crippen LogP contribution in [0.4, 0.5) is 5.69 Å². The smallest absolute Gasteiger partial charge is 0.0346 e. The first-order chi connectivity index (χ1) is 5.20. The van der Waals surface area contributed by atoms with Gasteiger partial charge in [-0.3, -0.25) is 0 Å². The van der Waals surface area contributed by atoms with E-state index in [2.05, 4.69) is 6.07 Å². The molecule has 0 amide bonds. The SMILES string of the molecule is Cc1ccc(C)c(N)c1.N#N. The number of hydrogen-bond donors (Lipinski definition) is 1. The Hall–Kier alpha value is -1.56. The van der Waals surface area contributed by atoms with E-state index in [1.807, 2.05) is 26.0 Å². The Labute approximate surface area is 66.3 Å². The van der Waals surface area contributed by atoms with Gasteiger partial charge in [0.05, 0.1) is 0 Å². The predicted molar refractivity (Wildman–Crippen MR) is 43.8 cm³/mol. The van der Waals surface area contributed by atoms with Gasteiger partial charge in [-0.2, -0.15) is 0 Å². The zero-order chi connectivity index (χ0) is 8.85. The first kappa shape index (κ1) is 9.44. The van der Waals surface area contributed by atoms with Crippen LogP contribution >= 0.6 is 0 Å². The molecule has 0 bridgehead atoms. The van der Waals surface area contributed by atoms with Crippen LogP contribution in [0.1, 0.15) is 11.1 Å². The van der Waals surface area contributed by atoms with Gasteiger partial charge in [0.15, 0.2) is 0 Å². The van der Waals surface area contributed by atoms with Crippen molar-refractivity contribution < 1.29 is 0 Å². The topological polar surface area (TPSA) is 73.6 Å². The Balaban J connectivity index is 0.000000461. The van der Waals surface area contributed by atoms with Crippen LogP contribution in [0.15, 0.2) is 18.2 Å². The molecule has 2 N–H and O–H groups in total. The largest absolute Gasteiger partial charge is 0.399 e. The quantitative estimate of drug-likeness (QED) is 0.452. The summed E-state index contributed by atoms with van der Waals surface area (Å²) in [4.78, 5) is 0. The molecule has 3 nitrogen and oxygen atoms in total. The van der Waals surface area contributed by atoms with Crippen molar-refractivity contribution in [3.63, 3.8) is 0 Å². The lowest BCUT2D eigenvalue weighted by molar-refractivity contribution is 1.15. The maximum absolute atomic E-state index is 6.00. The van der Waals surface area contributed by atoms with E-state index in [4.69, 9.17) is 16.5 Å². The molecular weight excluding hydrogens is 138 g/mol. The molecule has 0 spiro atoms. The van der Waals surface area contributed by atoms with Crippen LogP contribution < -0.4 is 5.73 Å². The lowest BCUT2D eigenvalue weighted by Crippen LogP contribution is -1.88. The molecule has 1 aromatic rings. The van der Waals surface area contributed by atoms with Crippen molar-refractivity contribution in [2.24, 2.45) is 0 Å². The summed E-state index contributed by atoms with van der Waals surface area (Å²) in [6.07, 6.45) is 0. The summed E-state index contributed by atoms with van der Waals surface area (Å²) >= 11 is 0. The molecule has 0 aliphatic carbocycles. The van der Waals surface area contributed by atoms with Crippen LogP contribution in [0.3, 0.4) is 0 Å². The fourth-order valence-corrected chi connectivity index (χ4v) is 0.760. The van der Waals surface area contributed by atoms with Gasteiger partial charge in [0.2, 0.25) is 0 Å². The summed E-state index contributed by atoms with van der Waals surface area (Å²) in [5, 5.41) is 12.0. The standard InChI is InChI=1S/C8H11N.N2/c1-6-3-4-7(2)8(9)5-6;1-2/h3-5H,9H2,1-2H3;. The van der Waals surface area contributed by atoms with Gasteiger partial charge in [0.25, 0.3) is 0 Å². The molecule has 1 aromatic carbocycles. The van der Waals surface area contributed by atoms with E-state index in [1.165, 1.54) is 5.56 Å². The van der Waals surface area contributed by atoms with Gasteiger partial charge in [0, 0.05) is 16.5 Å². The van der Waals surface area contributed by atoms with Crippen LogP contribution in [-0.4, -0.2) is 0 Å². The Morgan fingerprint density at radius 1 is 1.18 bits per heavy atom. The van der Waals surface area contributed by atoms with E-state index in [0.717, 1.165) is 11.3 Å². The first-order valence-corrected chi connectivity index (χ1v) is 3.23. The number of anilines is 1. The molecule has 0 fully saturated rings. The number of aryl methyl sites for hydroxylation is 2. The molecular formula is C8H11N3. The molecule has 0 aliphatic rings. The zero-order valence-corrected chi connectivity index (χ0v) is 6.70. The van der Waals surface area contributed by atoms with Gasteiger partial charge < -0.3 is 5.73 Å². The van der Waals surface area contributed by atoms with E-state index in [0.29, 0.717) is 0 Å². The lowest BCUT2D eigenvalue weighted by Gasteiger charge is -1.98. The van der Waals surface area contributed by atoms with Crippen molar-refractivity contribution in [2.45, 2.75) is 13.8 Å². The highest BCUT2D eigenvalue weighted by molar-refractivity contribution is 5.47. The highest BCUT2D eigenvalue weighted by atomic mass is 14.6. The third-order valence-corrected chi connectivity index (χ3v) is 1.43. The van der Waals surface area contributed by atoms with Gasteiger partial charge in [-0.15, -0.1) is 0 Å². The predicted octanol–water partition coefficient (Wildman–Crippen LogP) is 1.92. The summed E-state index contributed by atoms with van der Waals surface area (Å²) in [5.41, 5.74) is 8.88. The average molecular weight is 149 g/mol. The second-order valence-corrected chi connectivity index (χ2v) is 2.36. The molecule has 0 unspecified atom stereocenters. The van der Waals surface area contributed by atoms with Crippen LogP contribution in [0, 0.1) is 24.6 Å². The lowest BCUT2D eigenvalue weighted by atomic mass is 10.1. The third-order valence-electron chi connectivity index (χ3n) is 1.43. The monoisotopic (exact) mass is 149 g/mol. The van der Waals surface area contributed by atoms with Gasteiger partial charge in [-0.05, 0) is 31.0 Å². The summed E-state index contributed by atoms with van der Waals surface area (Å²) < 4.78 is 0. The molecule has 3 heteroatoms. The summed E-state index contributed by atoms with van der Waals surface area (Å²) in [6, 6.07) is 6.08. The number of rotatable bonds is 0. The molecule has 1 rings (SSSR count). The second kappa shape index (κ2) is 4.29. The molecule has 0 heterocycles. The van der Waals surface area contributed by atoms with E-state index < -0.39 is 0 Å². The average Bonchev–Trinajstić information content (AvgIpc) is 2.02. The summed E-state index contributed by atoms with van der Waals surface area (Å²) in [5.74, 6) is 0. The summed E-state index contributed by atoms with van der Waals surface area (Å²) in [7, 11) is 0. The maximum Gasteiger partial charge on any atom is 0.0346 e. The Morgan fingerprint density at radius 2 is 1.73 bits per heavy atom. The molecule has 0 saturated carbocycles. The van der Waals surface area contributed by atoms with Gasteiger partial charge >= 0.3 is 0 Å².